The Hall–Kier alpha value is -2.36. The summed E-state index contributed by atoms with van der Waals surface area (Å²) in [4.78, 5) is 16.0. The van der Waals surface area contributed by atoms with Crippen molar-refractivity contribution < 1.29 is 9.53 Å². The molecule has 1 aromatic carbocycles. The highest BCUT2D eigenvalue weighted by Crippen LogP contribution is 2.13. The van der Waals surface area contributed by atoms with Gasteiger partial charge in [0.1, 0.15) is 11.6 Å². The molecule has 0 spiro atoms. The lowest BCUT2D eigenvalue weighted by molar-refractivity contribution is -0.116. The number of pyridine rings is 1. The van der Waals surface area contributed by atoms with E-state index >= 15 is 0 Å². The number of carbonyl (C=O) groups is 1. The van der Waals surface area contributed by atoms with Gasteiger partial charge in [-0.1, -0.05) is 25.1 Å². The Labute approximate surface area is 125 Å². The summed E-state index contributed by atoms with van der Waals surface area (Å²) >= 11 is 0. The van der Waals surface area contributed by atoms with Crippen molar-refractivity contribution in [2.24, 2.45) is 0 Å². The lowest BCUT2D eigenvalue weighted by atomic mass is 10.2. The zero-order valence-corrected chi connectivity index (χ0v) is 12.4. The minimum atomic E-state index is -0.0988. The van der Waals surface area contributed by atoms with Crippen LogP contribution in [0.25, 0.3) is 0 Å². The molecular formula is C17H20N2O2. The summed E-state index contributed by atoms with van der Waals surface area (Å²) in [5.41, 5.74) is 2.14. The van der Waals surface area contributed by atoms with Gasteiger partial charge in [0.15, 0.2) is 0 Å². The molecule has 0 aliphatic heterocycles. The van der Waals surface area contributed by atoms with E-state index in [-0.39, 0.29) is 5.91 Å². The van der Waals surface area contributed by atoms with Crippen molar-refractivity contribution in [1.82, 2.24) is 4.98 Å². The number of nitrogens with one attached hydrogen (secondary N) is 1. The second-order valence-electron chi connectivity index (χ2n) is 4.81. The first-order valence-corrected chi connectivity index (χ1v) is 7.12. The maximum absolute atomic E-state index is 11.8. The average molecular weight is 284 g/mol. The number of amides is 1. The normalized spacial score (nSPS) is 10.2. The largest absolute Gasteiger partial charge is 0.493 e. The summed E-state index contributed by atoms with van der Waals surface area (Å²) in [6.07, 6.45) is 1.30. The van der Waals surface area contributed by atoms with Gasteiger partial charge in [0, 0.05) is 5.69 Å². The van der Waals surface area contributed by atoms with Crippen LogP contribution in [-0.2, 0) is 11.2 Å². The number of hydrogen-bond donors (Lipinski definition) is 1. The van der Waals surface area contributed by atoms with Crippen molar-refractivity contribution in [2.75, 3.05) is 11.9 Å². The summed E-state index contributed by atoms with van der Waals surface area (Å²) in [6.45, 7) is 4.35. The predicted octanol–water partition coefficient (Wildman–Crippen LogP) is 3.36. The number of benzene rings is 1. The van der Waals surface area contributed by atoms with Gasteiger partial charge in [0.25, 0.3) is 0 Å². The predicted molar refractivity (Wildman–Crippen MR) is 83.5 cm³/mol. The molecule has 0 fully saturated rings. The highest BCUT2D eigenvalue weighted by Gasteiger charge is 2.04. The van der Waals surface area contributed by atoms with Gasteiger partial charge in [-0.2, -0.15) is 0 Å². The van der Waals surface area contributed by atoms with E-state index in [0.717, 1.165) is 17.9 Å². The van der Waals surface area contributed by atoms with Gasteiger partial charge >= 0.3 is 0 Å². The number of rotatable bonds is 6. The summed E-state index contributed by atoms with van der Waals surface area (Å²) in [7, 11) is 0. The Morgan fingerprint density at radius 2 is 1.95 bits per heavy atom. The van der Waals surface area contributed by atoms with Gasteiger partial charge in [-0.15, -0.1) is 0 Å². The molecule has 4 nitrogen and oxygen atoms in total. The van der Waals surface area contributed by atoms with Gasteiger partial charge in [0.05, 0.1) is 13.0 Å². The van der Waals surface area contributed by atoms with Crippen molar-refractivity contribution in [3.63, 3.8) is 0 Å². The fraction of sp³-hybridized carbons (Fsp3) is 0.294. The second-order valence-corrected chi connectivity index (χ2v) is 4.81. The van der Waals surface area contributed by atoms with E-state index in [1.54, 1.807) is 6.07 Å². The van der Waals surface area contributed by atoms with E-state index in [2.05, 4.69) is 17.2 Å². The zero-order chi connectivity index (χ0) is 15.1. The Balaban J connectivity index is 1.76. The Morgan fingerprint density at radius 1 is 1.19 bits per heavy atom. The molecule has 1 amide bonds. The average Bonchev–Trinajstić information content (AvgIpc) is 2.48. The molecule has 21 heavy (non-hydrogen) atoms. The number of aromatic nitrogens is 1. The first-order chi connectivity index (χ1) is 10.2. The van der Waals surface area contributed by atoms with Crippen LogP contribution in [0, 0.1) is 6.92 Å². The van der Waals surface area contributed by atoms with Crippen LogP contribution in [0.2, 0.25) is 0 Å². The van der Waals surface area contributed by atoms with Gasteiger partial charge < -0.3 is 10.1 Å². The van der Waals surface area contributed by atoms with Crippen molar-refractivity contribution in [1.29, 1.82) is 0 Å². The lowest BCUT2D eigenvalue weighted by Gasteiger charge is -2.07. The molecular weight excluding hydrogens is 264 g/mol. The van der Waals surface area contributed by atoms with Gasteiger partial charge in [-0.3, -0.25) is 4.79 Å². The molecule has 0 atom stereocenters. The van der Waals surface area contributed by atoms with Gasteiger partial charge in [-0.05, 0) is 43.2 Å². The van der Waals surface area contributed by atoms with Crippen LogP contribution in [-0.4, -0.2) is 17.5 Å². The first kappa shape index (κ1) is 15.0. The Morgan fingerprint density at radius 3 is 2.62 bits per heavy atom. The maximum Gasteiger partial charge on any atom is 0.228 e. The van der Waals surface area contributed by atoms with E-state index in [1.807, 2.05) is 43.3 Å². The fourth-order valence-corrected chi connectivity index (χ4v) is 1.90. The second kappa shape index (κ2) is 7.43. The van der Waals surface area contributed by atoms with Gasteiger partial charge in [-0.25, -0.2) is 4.98 Å². The highest BCUT2D eigenvalue weighted by atomic mass is 16.5. The van der Waals surface area contributed by atoms with E-state index in [9.17, 15) is 4.79 Å². The summed E-state index contributed by atoms with van der Waals surface area (Å²) in [5.74, 6) is 1.26. The van der Waals surface area contributed by atoms with Crippen molar-refractivity contribution in [3.05, 3.63) is 53.7 Å². The first-order valence-electron chi connectivity index (χ1n) is 7.12. The molecule has 2 rings (SSSR count). The van der Waals surface area contributed by atoms with Crippen LogP contribution in [0.5, 0.6) is 5.75 Å². The van der Waals surface area contributed by atoms with E-state index in [1.165, 1.54) is 5.56 Å². The van der Waals surface area contributed by atoms with Crippen LogP contribution in [0.3, 0.4) is 0 Å². The molecule has 0 radical (unpaired) electrons. The highest BCUT2D eigenvalue weighted by molar-refractivity contribution is 5.89. The van der Waals surface area contributed by atoms with Crippen LogP contribution >= 0.6 is 0 Å². The fourth-order valence-electron chi connectivity index (χ4n) is 1.90. The summed E-state index contributed by atoms with van der Waals surface area (Å²) in [5, 5.41) is 2.76. The van der Waals surface area contributed by atoms with Crippen LogP contribution < -0.4 is 10.1 Å². The summed E-state index contributed by atoms with van der Waals surface area (Å²) in [6, 6.07) is 13.5. The molecule has 0 aliphatic carbocycles. The molecule has 1 heterocycles. The molecule has 0 unspecified atom stereocenters. The number of anilines is 1. The Bertz CT molecular complexity index is 594. The van der Waals surface area contributed by atoms with Crippen LogP contribution in [0.1, 0.15) is 24.6 Å². The number of aryl methyl sites for hydroxylation is 2. The third-order valence-electron chi connectivity index (χ3n) is 3.09. The standard InChI is InChI=1S/C17H20N2O2/c1-3-14-7-9-15(10-8-14)21-12-11-17(20)19-16-6-4-5-13(2)18-16/h4-10H,3,11-12H2,1-2H3,(H,18,19,20). The van der Waals surface area contributed by atoms with E-state index in [0.29, 0.717) is 18.8 Å². The molecule has 0 aliphatic rings. The topological polar surface area (TPSA) is 51.2 Å². The quantitative estimate of drug-likeness (QED) is 0.885. The van der Waals surface area contributed by atoms with Crippen molar-refractivity contribution >= 4 is 11.7 Å². The SMILES string of the molecule is CCc1ccc(OCCC(=O)Nc2cccc(C)n2)cc1. The molecule has 110 valence electrons. The number of ether oxygens (including phenoxy) is 1. The zero-order valence-electron chi connectivity index (χ0n) is 12.4. The monoisotopic (exact) mass is 284 g/mol. The van der Waals surface area contributed by atoms with E-state index < -0.39 is 0 Å². The van der Waals surface area contributed by atoms with Crippen LogP contribution in [0.15, 0.2) is 42.5 Å². The molecule has 1 N–H and O–H groups in total. The van der Waals surface area contributed by atoms with Crippen molar-refractivity contribution in [2.45, 2.75) is 26.7 Å². The molecule has 4 heteroatoms. The number of nitrogens with zero attached hydrogens (tertiary/aromatic N) is 1. The minimum absolute atomic E-state index is 0.0988. The van der Waals surface area contributed by atoms with Gasteiger partial charge in [0.2, 0.25) is 5.91 Å². The lowest BCUT2D eigenvalue weighted by Crippen LogP contribution is -2.16. The maximum atomic E-state index is 11.8. The molecule has 2 aromatic rings. The molecule has 0 saturated carbocycles. The number of carbonyl (C=O) groups excluding carboxylic acids is 1. The van der Waals surface area contributed by atoms with E-state index in [4.69, 9.17) is 4.74 Å². The third-order valence-corrected chi connectivity index (χ3v) is 3.09. The Kier molecular flexibility index (Phi) is 5.32. The van der Waals surface area contributed by atoms with Crippen molar-refractivity contribution in [3.8, 4) is 5.75 Å². The minimum Gasteiger partial charge on any atom is -0.493 e. The molecule has 0 saturated heterocycles. The van der Waals surface area contributed by atoms with Crippen LogP contribution in [0.4, 0.5) is 5.82 Å². The smallest absolute Gasteiger partial charge is 0.228 e. The molecule has 1 aromatic heterocycles. The summed E-state index contributed by atoms with van der Waals surface area (Å²) < 4.78 is 5.56. The third kappa shape index (κ3) is 4.91. The number of hydrogen-bond acceptors (Lipinski definition) is 3. The molecule has 0 bridgehead atoms.